The van der Waals surface area contributed by atoms with Gasteiger partial charge in [0.15, 0.2) is 10.7 Å². The molecule has 0 bridgehead atoms. The number of hydrogen-bond donors (Lipinski definition) is 3. The fourth-order valence-electron chi connectivity index (χ4n) is 1.65. The molecule has 7 nitrogen and oxygen atoms in total. The molecular weight excluding hydrogens is 302 g/mol. The van der Waals surface area contributed by atoms with Crippen LogP contribution in [-0.4, -0.2) is 27.6 Å². The molecule has 0 fully saturated rings. The van der Waals surface area contributed by atoms with Crippen LogP contribution in [0.1, 0.15) is 29.9 Å². The van der Waals surface area contributed by atoms with E-state index in [1.807, 2.05) is 32.9 Å². The first-order valence-electron chi connectivity index (χ1n) is 6.73. The second-order valence-electron chi connectivity index (χ2n) is 5.02. The lowest BCUT2D eigenvalue weighted by Crippen LogP contribution is -2.31. The average molecular weight is 319 g/mol. The van der Waals surface area contributed by atoms with Crippen molar-refractivity contribution in [2.45, 2.75) is 26.8 Å². The van der Waals surface area contributed by atoms with E-state index in [2.05, 4.69) is 25.5 Å². The van der Waals surface area contributed by atoms with Crippen LogP contribution >= 0.6 is 11.5 Å². The molecular formula is C14H17N5O2S. The predicted molar refractivity (Wildman–Crippen MR) is 86.3 cm³/mol. The molecule has 3 amide bonds. The molecule has 0 unspecified atom stereocenters. The van der Waals surface area contributed by atoms with Crippen LogP contribution in [0.4, 0.5) is 15.5 Å². The van der Waals surface area contributed by atoms with Gasteiger partial charge in [-0.1, -0.05) is 22.2 Å². The maximum atomic E-state index is 12.0. The first-order valence-corrected chi connectivity index (χ1v) is 7.51. The number of nitrogens with one attached hydrogen (secondary N) is 3. The van der Waals surface area contributed by atoms with Gasteiger partial charge in [-0.05, 0) is 32.9 Å². The third-order valence-electron chi connectivity index (χ3n) is 2.66. The Kier molecular flexibility index (Phi) is 5.05. The number of aromatic nitrogens is 2. The summed E-state index contributed by atoms with van der Waals surface area (Å²) in [4.78, 5) is 23.9. The molecule has 0 saturated carbocycles. The normalized spacial score (nSPS) is 10.4. The Bertz CT molecular complexity index is 666. The van der Waals surface area contributed by atoms with E-state index >= 15 is 0 Å². The van der Waals surface area contributed by atoms with Gasteiger partial charge >= 0.3 is 6.03 Å². The van der Waals surface area contributed by atoms with Crippen molar-refractivity contribution in [1.29, 1.82) is 0 Å². The molecule has 2 aromatic rings. The summed E-state index contributed by atoms with van der Waals surface area (Å²) in [5, 5.41) is 12.0. The number of anilines is 2. The molecule has 0 aliphatic rings. The minimum absolute atomic E-state index is 0.0246. The fourth-order valence-corrected chi connectivity index (χ4v) is 2.22. The van der Waals surface area contributed by atoms with Crippen molar-refractivity contribution < 1.29 is 9.59 Å². The summed E-state index contributed by atoms with van der Waals surface area (Å²) < 4.78 is 3.71. The standard InChI is InChI=1S/C14H17N5O2S/c1-8(2)15-12(20)11-13(22-19-18-11)17-14(21)16-10-6-4-9(3)5-7-10/h4-8H,1-3H3,(H,15,20)(H2,16,17,21). The number of carbonyl (C=O) groups excluding carboxylic acids is 2. The maximum Gasteiger partial charge on any atom is 0.324 e. The largest absolute Gasteiger partial charge is 0.348 e. The number of rotatable bonds is 4. The van der Waals surface area contributed by atoms with Gasteiger partial charge in [-0.25, -0.2) is 4.79 Å². The molecule has 116 valence electrons. The van der Waals surface area contributed by atoms with Crippen LogP contribution in [0, 0.1) is 6.92 Å². The van der Waals surface area contributed by atoms with Crippen LogP contribution in [0.15, 0.2) is 24.3 Å². The summed E-state index contributed by atoms with van der Waals surface area (Å²) in [7, 11) is 0. The molecule has 2 rings (SSSR count). The van der Waals surface area contributed by atoms with Crippen LogP contribution in [-0.2, 0) is 0 Å². The van der Waals surface area contributed by atoms with E-state index in [0.717, 1.165) is 17.1 Å². The molecule has 0 aliphatic carbocycles. The van der Waals surface area contributed by atoms with Crippen molar-refractivity contribution >= 4 is 34.2 Å². The predicted octanol–water partition coefficient (Wildman–Crippen LogP) is 2.63. The van der Waals surface area contributed by atoms with E-state index in [1.165, 1.54) is 0 Å². The Labute approximate surface area is 132 Å². The first-order chi connectivity index (χ1) is 10.5. The van der Waals surface area contributed by atoms with E-state index in [4.69, 9.17) is 0 Å². The number of benzene rings is 1. The van der Waals surface area contributed by atoms with Gasteiger partial charge in [0.2, 0.25) is 0 Å². The summed E-state index contributed by atoms with van der Waals surface area (Å²) in [6, 6.07) is 6.91. The van der Waals surface area contributed by atoms with Gasteiger partial charge in [0.25, 0.3) is 5.91 Å². The minimum atomic E-state index is -0.450. The average Bonchev–Trinajstić information content (AvgIpc) is 2.88. The summed E-state index contributed by atoms with van der Waals surface area (Å²) in [6.07, 6.45) is 0. The summed E-state index contributed by atoms with van der Waals surface area (Å²) in [5.74, 6) is -0.366. The van der Waals surface area contributed by atoms with Crippen molar-refractivity contribution in [2.24, 2.45) is 0 Å². The Morgan fingerprint density at radius 1 is 1.14 bits per heavy atom. The zero-order valence-electron chi connectivity index (χ0n) is 12.5. The molecule has 0 spiro atoms. The molecule has 0 radical (unpaired) electrons. The number of aryl methyl sites for hydroxylation is 1. The highest BCUT2D eigenvalue weighted by molar-refractivity contribution is 7.10. The van der Waals surface area contributed by atoms with E-state index in [0.29, 0.717) is 10.7 Å². The SMILES string of the molecule is Cc1ccc(NC(=O)Nc2snnc2C(=O)NC(C)C)cc1. The number of urea groups is 1. The molecule has 3 N–H and O–H groups in total. The number of carbonyl (C=O) groups is 2. The molecule has 1 heterocycles. The topological polar surface area (TPSA) is 96.0 Å². The van der Waals surface area contributed by atoms with Crippen molar-refractivity contribution in [3.63, 3.8) is 0 Å². The van der Waals surface area contributed by atoms with Crippen LogP contribution in [0.3, 0.4) is 0 Å². The molecule has 8 heteroatoms. The van der Waals surface area contributed by atoms with Gasteiger partial charge in [0.05, 0.1) is 0 Å². The van der Waals surface area contributed by atoms with E-state index in [9.17, 15) is 9.59 Å². The van der Waals surface area contributed by atoms with Crippen molar-refractivity contribution in [3.8, 4) is 0 Å². The van der Waals surface area contributed by atoms with E-state index in [1.54, 1.807) is 12.1 Å². The van der Waals surface area contributed by atoms with E-state index < -0.39 is 6.03 Å². The summed E-state index contributed by atoms with van der Waals surface area (Å²) in [5.41, 5.74) is 1.87. The summed E-state index contributed by atoms with van der Waals surface area (Å²) in [6.45, 7) is 5.65. The Morgan fingerprint density at radius 3 is 2.45 bits per heavy atom. The Morgan fingerprint density at radius 2 is 1.82 bits per heavy atom. The fraction of sp³-hybridized carbons (Fsp3) is 0.286. The Hall–Kier alpha value is -2.48. The molecule has 0 saturated heterocycles. The second-order valence-corrected chi connectivity index (χ2v) is 5.78. The molecule has 1 aromatic carbocycles. The smallest absolute Gasteiger partial charge is 0.324 e. The van der Waals surface area contributed by atoms with Gasteiger partial charge in [0.1, 0.15) is 0 Å². The van der Waals surface area contributed by atoms with Crippen molar-refractivity contribution in [3.05, 3.63) is 35.5 Å². The third kappa shape index (κ3) is 4.26. The zero-order valence-corrected chi connectivity index (χ0v) is 13.3. The van der Waals surface area contributed by atoms with Crippen LogP contribution < -0.4 is 16.0 Å². The zero-order chi connectivity index (χ0) is 16.1. The molecule has 1 aromatic heterocycles. The van der Waals surface area contributed by atoms with Gasteiger partial charge < -0.3 is 10.6 Å². The van der Waals surface area contributed by atoms with E-state index in [-0.39, 0.29) is 17.6 Å². The van der Waals surface area contributed by atoms with Crippen LogP contribution in [0.5, 0.6) is 0 Å². The molecule has 0 aliphatic heterocycles. The summed E-state index contributed by atoms with van der Waals surface area (Å²) >= 11 is 0.952. The number of nitrogens with zero attached hydrogens (tertiary/aromatic N) is 2. The van der Waals surface area contributed by atoms with Crippen LogP contribution in [0.2, 0.25) is 0 Å². The van der Waals surface area contributed by atoms with Crippen LogP contribution in [0.25, 0.3) is 0 Å². The second kappa shape index (κ2) is 6.99. The third-order valence-corrected chi connectivity index (χ3v) is 3.30. The van der Waals surface area contributed by atoms with Gasteiger partial charge in [-0.2, -0.15) is 0 Å². The molecule has 0 atom stereocenters. The lowest BCUT2D eigenvalue weighted by molar-refractivity contribution is 0.0939. The lowest BCUT2D eigenvalue weighted by Gasteiger charge is -2.09. The minimum Gasteiger partial charge on any atom is -0.348 e. The maximum absolute atomic E-state index is 12.0. The highest BCUT2D eigenvalue weighted by Gasteiger charge is 2.18. The number of amides is 3. The lowest BCUT2D eigenvalue weighted by atomic mass is 10.2. The van der Waals surface area contributed by atoms with Gasteiger partial charge in [0, 0.05) is 23.3 Å². The van der Waals surface area contributed by atoms with Crippen molar-refractivity contribution in [1.82, 2.24) is 14.9 Å². The monoisotopic (exact) mass is 319 g/mol. The van der Waals surface area contributed by atoms with Gasteiger partial charge in [-0.3, -0.25) is 10.1 Å². The highest BCUT2D eigenvalue weighted by Crippen LogP contribution is 2.18. The van der Waals surface area contributed by atoms with Gasteiger partial charge in [-0.15, -0.1) is 5.10 Å². The molecule has 22 heavy (non-hydrogen) atoms. The highest BCUT2D eigenvalue weighted by atomic mass is 32.1. The van der Waals surface area contributed by atoms with Crippen molar-refractivity contribution in [2.75, 3.05) is 10.6 Å². The quantitative estimate of drug-likeness (QED) is 0.807. The number of hydrogen-bond acceptors (Lipinski definition) is 5. The Balaban J connectivity index is 2.01. The first kappa shape index (κ1) is 15.9.